The number of carbonyl (C=O) groups excluding carboxylic acids is 1. The normalized spacial score (nSPS) is 13.3. The summed E-state index contributed by atoms with van der Waals surface area (Å²) >= 11 is 3.44. The third-order valence-electron chi connectivity index (χ3n) is 4.35. The lowest BCUT2D eigenvalue weighted by atomic mass is 10.1. The Labute approximate surface area is 162 Å². The molecule has 3 aromatic rings. The lowest BCUT2D eigenvalue weighted by molar-refractivity contribution is 0.0955. The lowest BCUT2D eigenvalue weighted by Gasteiger charge is -2.29. The number of rotatable bonds is 4. The van der Waals surface area contributed by atoms with Crippen molar-refractivity contribution in [3.63, 3.8) is 0 Å². The topological polar surface area (TPSA) is 32.3 Å². The third kappa shape index (κ3) is 3.64. The molecule has 5 heteroatoms. The first-order valence-corrected chi connectivity index (χ1v) is 10.4. The molecule has 0 spiro atoms. The molecule has 2 aromatic carbocycles. The van der Waals surface area contributed by atoms with Crippen LogP contribution in [0, 0.1) is 6.92 Å². The Hall–Kier alpha value is -2.24. The Balaban J connectivity index is 1.47. The van der Waals surface area contributed by atoms with E-state index in [1.54, 1.807) is 11.3 Å². The van der Waals surface area contributed by atoms with Crippen LogP contribution in [-0.2, 0) is 6.54 Å². The molecule has 0 atom stereocenters. The van der Waals surface area contributed by atoms with Crippen molar-refractivity contribution in [1.29, 1.82) is 0 Å². The minimum absolute atomic E-state index is 0.0116. The molecule has 0 unspecified atom stereocenters. The monoisotopic (exact) mass is 380 g/mol. The number of nitrogens with one attached hydrogen (secondary N) is 1. The molecule has 1 aliphatic heterocycles. The summed E-state index contributed by atoms with van der Waals surface area (Å²) in [6, 6.07) is 20.7. The Morgan fingerprint density at radius 1 is 1.12 bits per heavy atom. The molecule has 132 valence electrons. The van der Waals surface area contributed by atoms with Gasteiger partial charge in [0.15, 0.2) is 0 Å². The highest BCUT2D eigenvalue weighted by molar-refractivity contribution is 7.99. The van der Waals surface area contributed by atoms with Crippen LogP contribution in [0.1, 0.15) is 20.8 Å². The Bertz CT molecular complexity index is 935. The number of fused-ring (bicyclic) bond motifs is 1. The summed E-state index contributed by atoms with van der Waals surface area (Å²) in [6.07, 6.45) is 0. The molecular formula is C21H20N2OS2. The van der Waals surface area contributed by atoms with Gasteiger partial charge < -0.3 is 10.2 Å². The average Bonchev–Trinajstić information content (AvgIpc) is 3.16. The number of hydrogen-bond acceptors (Lipinski definition) is 4. The first kappa shape index (κ1) is 17.2. The van der Waals surface area contributed by atoms with Gasteiger partial charge in [-0.15, -0.1) is 23.1 Å². The fraction of sp³-hybridized carbons (Fsp3) is 0.190. The summed E-state index contributed by atoms with van der Waals surface area (Å²) in [5, 5.41) is 4.15. The van der Waals surface area contributed by atoms with Crippen molar-refractivity contribution in [1.82, 2.24) is 5.32 Å². The zero-order valence-electron chi connectivity index (χ0n) is 14.6. The van der Waals surface area contributed by atoms with Crippen LogP contribution in [0.4, 0.5) is 10.7 Å². The number of nitrogens with zero attached hydrogens (tertiary/aromatic N) is 1. The number of para-hydroxylation sites is 1. The maximum atomic E-state index is 12.5. The summed E-state index contributed by atoms with van der Waals surface area (Å²) in [6.45, 7) is 3.58. The molecule has 1 amide bonds. The number of benzene rings is 2. The first-order chi connectivity index (χ1) is 12.7. The maximum absolute atomic E-state index is 12.5. The second-order valence-electron chi connectivity index (χ2n) is 6.28. The van der Waals surface area contributed by atoms with Gasteiger partial charge in [0, 0.05) is 23.7 Å². The van der Waals surface area contributed by atoms with E-state index in [2.05, 4.69) is 59.6 Å². The maximum Gasteiger partial charge on any atom is 0.261 e. The largest absolute Gasteiger partial charge is 0.347 e. The molecule has 1 aromatic heterocycles. The fourth-order valence-electron chi connectivity index (χ4n) is 3.08. The van der Waals surface area contributed by atoms with Crippen LogP contribution in [0.2, 0.25) is 0 Å². The van der Waals surface area contributed by atoms with Gasteiger partial charge in [-0.3, -0.25) is 4.79 Å². The summed E-state index contributed by atoms with van der Waals surface area (Å²) in [5.74, 6) is 1.05. The minimum atomic E-state index is -0.0116. The zero-order valence-corrected chi connectivity index (χ0v) is 16.2. The van der Waals surface area contributed by atoms with Crippen LogP contribution < -0.4 is 10.2 Å². The number of aryl methyl sites for hydroxylation is 1. The minimum Gasteiger partial charge on any atom is -0.347 e. The van der Waals surface area contributed by atoms with Crippen molar-refractivity contribution < 1.29 is 4.79 Å². The number of thiophene rings is 1. The lowest BCUT2D eigenvalue weighted by Crippen LogP contribution is -2.23. The Morgan fingerprint density at radius 2 is 2.00 bits per heavy atom. The van der Waals surface area contributed by atoms with E-state index in [1.165, 1.54) is 16.1 Å². The van der Waals surface area contributed by atoms with Crippen LogP contribution in [0.15, 0.2) is 65.6 Å². The van der Waals surface area contributed by atoms with Gasteiger partial charge in [0.1, 0.15) is 0 Å². The van der Waals surface area contributed by atoms with E-state index >= 15 is 0 Å². The van der Waals surface area contributed by atoms with E-state index in [9.17, 15) is 4.79 Å². The Morgan fingerprint density at radius 3 is 2.88 bits per heavy atom. The van der Waals surface area contributed by atoms with E-state index in [0.717, 1.165) is 27.7 Å². The molecule has 0 saturated heterocycles. The van der Waals surface area contributed by atoms with Crippen molar-refractivity contribution in [2.75, 3.05) is 17.2 Å². The number of amides is 1. The Kier molecular flexibility index (Phi) is 5.00. The highest BCUT2D eigenvalue weighted by Gasteiger charge is 2.20. The predicted molar refractivity (Wildman–Crippen MR) is 111 cm³/mol. The molecule has 2 heterocycles. The van der Waals surface area contributed by atoms with Gasteiger partial charge in [0.05, 0.1) is 15.6 Å². The van der Waals surface area contributed by atoms with Crippen molar-refractivity contribution in [3.8, 4) is 0 Å². The first-order valence-electron chi connectivity index (χ1n) is 8.64. The van der Waals surface area contributed by atoms with E-state index in [-0.39, 0.29) is 5.91 Å². The SMILES string of the molecule is Cc1cccc(CNC(=O)c2ccc(N3CCSc4ccccc43)s2)c1. The predicted octanol–water partition coefficient (Wildman–Crippen LogP) is 5.23. The molecule has 3 nitrogen and oxygen atoms in total. The van der Waals surface area contributed by atoms with Crippen LogP contribution in [0.3, 0.4) is 0 Å². The number of anilines is 2. The summed E-state index contributed by atoms with van der Waals surface area (Å²) < 4.78 is 0. The van der Waals surface area contributed by atoms with Gasteiger partial charge in [-0.05, 0) is 36.8 Å². The smallest absolute Gasteiger partial charge is 0.261 e. The van der Waals surface area contributed by atoms with E-state index in [0.29, 0.717) is 6.54 Å². The molecule has 0 radical (unpaired) electrons. The van der Waals surface area contributed by atoms with Gasteiger partial charge in [0.25, 0.3) is 5.91 Å². The number of thioether (sulfide) groups is 1. The van der Waals surface area contributed by atoms with Gasteiger partial charge in [-0.2, -0.15) is 0 Å². The van der Waals surface area contributed by atoms with Gasteiger partial charge >= 0.3 is 0 Å². The van der Waals surface area contributed by atoms with Crippen molar-refractivity contribution in [2.24, 2.45) is 0 Å². The van der Waals surface area contributed by atoms with Crippen molar-refractivity contribution in [3.05, 3.63) is 76.7 Å². The van der Waals surface area contributed by atoms with Crippen molar-refractivity contribution in [2.45, 2.75) is 18.4 Å². The van der Waals surface area contributed by atoms with E-state index in [1.807, 2.05) is 30.0 Å². The van der Waals surface area contributed by atoms with Crippen LogP contribution >= 0.6 is 23.1 Å². The van der Waals surface area contributed by atoms with Crippen molar-refractivity contribution >= 4 is 39.7 Å². The molecule has 4 rings (SSSR count). The van der Waals surface area contributed by atoms with Crippen LogP contribution in [0.25, 0.3) is 0 Å². The zero-order chi connectivity index (χ0) is 17.9. The molecule has 0 bridgehead atoms. The van der Waals surface area contributed by atoms with Gasteiger partial charge in [-0.1, -0.05) is 42.0 Å². The second-order valence-corrected chi connectivity index (χ2v) is 8.48. The molecule has 26 heavy (non-hydrogen) atoms. The standard InChI is InChI=1S/C21H20N2OS2/c1-15-5-4-6-16(13-15)14-22-21(24)19-9-10-20(26-19)23-11-12-25-18-8-3-2-7-17(18)23/h2-10,13H,11-12,14H2,1H3,(H,22,24). The molecule has 1 aliphatic rings. The van der Waals surface area contributed by atoms with E-state index in [4.69, 9.17) is 0 Å². The summed E-state index contributed by atoms with van der Waals surface area (Å²) in [4.78, 5) is 16.9. The van der Waals surface area contributed by atoms with Gasteiger partial charge in [0.2, 0.25) is 0 Å². The highest BCUT2D eigenvalue weighted by atomic mass is 32.2. The summed E-state index contributed by atoms with van der Waals surface area (Å²) in [5.41, 5.74) is 3.56. The second kappa shape index (κ2) is 7.56. The van der Waals surface area contributed by atoms with Gasteiger partial charge in [-0.25, -0.2) is 0 Å². The summed E-state index contributed by atoms with van der Waals surface area (Å²) in [7, 11) is 0. The molecule has 0 aliphatic carbocycles. The highest BCUT2D eigenvalue weighted by Crippen LogP contribution is 2.41. The fourth-order valence-corrected chi connectivity index (χ4v) is 5.04. The van der Waals surface area contributed by atoms with E-state index < -0.39 is 0 Å². The van der Waals surface area contributed by atoms with Crippen LogP contribution in [-0.4, -0.2) is 18.2 Å². The third-order valence-corrected chi connectivity index (χ3v) is 6.50. The molecule has 0 saturated carbocycles. The molecular weight excluding hydrogens is 360 g/mol. The number of hydrogen-bond donors (Lipinski definition) is 1. The number of carbonyl (C=O) groups is 1. The quantitative estimate of drug-likeness (QED) is 0.673. The molecule has 1 N–H and O–H groups in total. The molecule has 0 fully saturated rings. The van der Waals surface area contributed by atoms with Crippen LogP contribution in [0.5, 0.6) is 0 Å². The average molecular weight is 381 g/mol.